The molecule has 0 aromatic heterocycles. The van der Waals surface area contributed by atoms with Gasteiger partial charge in [0.15, 0.2) is 0 Å². The van der Waals surface area contributed by atoms with Crippen LogP contribution in [-0.4, -0.2) is 44.3 Å². The van der Waals surface area contributed by atoms with Crippen LogP contribution in [0.3, 0.4) is 0 Å². The molecule has 0 aliphatic heterocycles. The molecule has 3 rings (SSSR count). The molecule has 0 bridgehead atoms. The van der Waals surface area contributed by atoms with E-state index < -0.39 is 28.5 Å². The molecule has 1 atom stereocenters. The molecule has 0 heterocycles. The van der Waals surface area contributed by atoms with Crippen LogP contribution < -0.4 is 9.62 Å². The number of nitrogens with zero attached hydrogens (tertiary/aromatic N) is 2. The maximum atomic E-state index is 14.0. The Morgan fingerprint density at radius 3 is 2.15 bits per heavy atom. The fourth-order valence-electron chi connectivity index (χ4n) is 4.06. The fourth-order valence-corrected chi connectivity index (χ4v) is 6.37. The Kier molecular flexibility index (Phi) is 10.8. The quantitative estimate of drug-likeness (QED) is 0.267. The zero-order chi connectivity index (χ0) is 28.7. The van der Waals surface area contributed by atoms with Crippen LogP contribution in [0.5, 0.6) is 0 Å². The topological polar surface area (TPSA) is 86.8 Å². The average Bonchev–Trinajstić information content (AvgIpc) is 2.89. The molecule has 0 saturated carbocycles. The first kappa shape index (κ1) is 30.9. The molecule has 3 aromatic carbocycles. The summed E-state index contributed by atoms with van der Waals surface area (Å²) in [6.45, 7) is 5.16. The van der Waals surface area contributed by atoms with Gasteiger partial charge in [-0.2, -0.15) is 0 Å². The highest BCUT2D eigenvalue weighted by atomic mass is 79.9. The smallest absolute Gasteiger partial charge is 0.264 e. The molecule has 2 amide bonds. The second kappa shape index (κ2) is 13.7. The summed E-state index contributed by atoms with van der Waals surface area (Å²) in [7, 11) is -4.16. The summed E-state index contributed by atoms with van der Waals surface area (Å²) in [5, 5.41) is 3.43. The number of hydrogen-bond acceptors (Lipinski definition) is 4. The van der Waals surface area contributed by atoms with Gasteiger partial charge in [0.05, 0.1) is 10.6 Å². The lowest BCUT2D eigenvalue weighted by molar-refractivity contribution is -0.140. The minimum Gasteiger partial charge on any atom is -0.355 e. The number of nitrogens with one attached hydrogen (secondary N) is 1. The van der Waals surface area contributed by atoms with Crippen molar-refractivity contribution in [2.45, 2.75) is 44.7 Å². The van der Waals surface area contributed by atoms with E-state index in [1.54, 1.807) is 68.4 Å². The van der Waals surface area contributed by atoms with Crippen molar-refractivity contribution in [1.29, 1.82) is 0 Å². The van der Waals surface area contributed by atoms with E-state index in [0.29, 0.717) is 38.7 Å². The van der Waals surface area contributed by atoms with Crippen molar-refractivity contribution in [3.63, 3.8) is 0 Å². The van der Waals surface area contributed by atoms with Gasteiger partial charge in [0, 0.05) is 33.2 Å². The van der Waals surface area contributed by atoms with Crippen LogP contribution in [0.15, 0.2) is 76.1 Å². The van der Waals surface area contributed by atoms with Gasteiger partial charge in [-0.15, -0.1) is 0 Å². The summed E-state index contributed by atoms with van der Waals surface area (Å²) >= 11 is 16.2. The van der Waals surface area contributed by atoms with Gasteiger partial charge in [-0.25, -0.2) is 8.42 Å². The lowest BCUT2D eigenvalue weighted by Gasteiger charge is -2.33. The molecular formula is C28H30BrCl2N3O4S. The second-order valence-electron chi connectivity index (χ2n) is 8.85. The van der Waals surface area contributed by atoms with Crippen molar-refractivity contribution in [3.8, 4) is 0 Å². The highest BCUT2D eigenvalue weighted by Crippen LogP contribution is 2.29. The first-order valence-corrected chi connectivity index (χ1v) is 15.3. The lowest BCUT2D eigenvalue weighted by atomic mass is 10.1. The summed E-state index contributed by atoms with van der Waals surface area (Å²) in [5.74, 6) is -0.938. The third-order valence-electron chi connectivity index (χ3n) is 6.11. The van der Waals surface area contributed by atoms with E-state index in [2.05, 4.69) is 21.2 Å². The third-order valence-corrected chi connectivity index (χ3v) is 9.10. The van der Waals surface area contributed by atoms with Gasteiger partial charge in [0.2, 0.25) is 11.8 Å². The molecule has 0 aliphatic rings. The zero-order valence-electron chi connectivity index (χ0n) is 21.8. The Morgan fingerprint density at radius 2 is 1.59 bits per heavy atom. The largest absolute Gasteiger partial charge is 0.355 e. The summed E-state index contributed by atoms with van der Waals surface area (Å²) in [6.07, 6.45) is 0.293. The van der Waals surface area contributed by atoms with Gasteiger partial charge < -0.3 is 10.2 Å². The Bertz CT molecular complexity index is 1410. The number of hydrogen-bond donors (Lipinski definition) is 1. The molecule has 7 nitrogen and oxygen atoms in total. The van der Waals surface area contributed by atoms with Crippen LogP contribution in [0.25, 0.3) is 0 Å². The number of carbonyl (C=O) groups is 2. The van der Waals surface area contributed by atoms with E-state index in [0.717, 1.165) is 9.87 Å². The van der Waals surface area contributed by atoms with Gasteiger partial charge in [0.1, 0.15) is 12.6 Å². The molecule has 0 saturated heterocycles. The predicted molar refractivity (Wildman–Crippen MR) is 160 cm³/mol. The second-order valence-corrected chi connectivity index (χ2v) is 12.4. The minimum atomic E-state index is -4.16. The summed E-state index contributed by atoms with van der Waals surface area (Å²) < 4.78 is 29.4. The number of likely N-dealkylation sites (N-methyl/N-ethyl adjacent to an activating group) is 1. The van der Waals surface area contributed by atoms with E-state index in [-0.39, 0.29) is 17.3 Å². The molecule has 0 radical (unpaired) electrons. The number of rotatable bonds is 11. The number of amides is 2. The first-order valence-electron chi connectivity index (χ1n) is 12.3. The van der Waals surface area contributed by atoms with E-state index in [1.165, 1.54) is 17.0 Å². The van der Waals surface area contributed by atoms with Crippen molar-refractivity contribution < 1.29 is 18.0 Å². The highest BCUT2D eigenvalue weighted by molar-refractivity contribution is 9.10. The van der Waals surface area contributed by atoms with Crippen LogP contribution in [0.4, 0.5) is 5.69 Å². The maximum absolute atomic E-state index is 14.0. The van der Waals surface area contributed by atoms with Gasteiger partial charge in [-0.1, -0.05) is 75.9 Å². The first-order chi connectivity index (χ1) is 18.5. The van der Waals surface area contributed by atoms with E-state index in [4.69, 9.17) is 23.2 Å². The SMILES string of the molecule is CCNC(=O)C(CC)N(Cc1c(Cl)cccc1Cl)C(=O)CN(c1cccc(Br)c1)S(=O)(=O)c1ccc(C)cc1. The number of aryl methyl sites for hydroxylation is 1. The molecule has 208 valence electrons. The standard InChI is InChI=1S/C28H30BrCl2N3O4S/c1-4-26(28(36)32-5-2)33(17-23-24(30)10-7-11-25(23)31)27(35)18-34(21-9-6-8-20(29)16-21)39(37,38)22-14-12-19(3)13-15-22/h6-16,26H,4-5,17-18H2,1-3H3,(H,32,36). The van der Waals surface area contributed by atoms with E-state index in [9.17, 15) is 18.0 Å². The number of carbonyl (C=O) groups excluding carboxylic acids is 2. The van der Waals surface area contributed by atoms with Crippen molar-refractivity contribution in [1.82, 2.24) is 10.2 Å². The normalized spacial score (nSPS) is 12.1. The highest BCUT2D eigenvalue weighted by Gasteiger charge is 2.34. The predicted octanol–water partition coefficient (Wildman–Crippen LogP) is 6.20. The number of benzene rings is 3. The number of anilines is 1. The molecule has 0 spiro atoms. The summed E-state index contributed by atoms with van der Waals surface area (Å²) in [6, 6.07) is 17.2. The number of sulfonamides is 1. The van der Waals surface area contributed by atoms with Gasteiger partial charge in [-0.3, -0.25) is 13.9 Å². The molecular weight excluding hydrogens is 625 g/mol. The zero-order valence-corrected chi connectivity index (χ0v) is 25.7. The van der Waals surface area contributed by atoms with Crippen LogP contribution >= 0.6 is 39.1 Å². The van der Waals surface area contributed by atoms with Crippen molar-refractivity contribution >= 4 is 66.7 Å². The lowest BCUT2D eigenvalue weighted by Crippen LogP contribution is -2.52. The van der Waals surface area contributed by atoms with E-state index >= 15 is 0 Å². The summed E-state index contributed by atoms with van der Waals surface area (Å²) in [4.78, 5) is 28.4. The van der Waals surface area contributed by atoms with Crippen molar-refractivity contribution in [2.24, 2.45) is 0 Å². The summed E-state index contributed by atoms with van der Waals surface area (Å²) in [5.41, 5.74) is 1.65. The molecule has 1 N–H and O–H groups in total. The molecule has 3 aromatic rings. The molecule has 39 heavy (non-hydrogen) atoms. The maximum Gasteiger partial charge on any atom is 0.264 e. The Balaban J connectivity index is 2.10. The number of halogens is 3. The average molecular weight is 655 g/mol. The van der Waals surface area contributed by atoms with Gasteiger partial charge >= 0.3 is 0 Å². The van der Waals surface area contributed by atoms with Crippen LogP contribution in [0, 0.1) is 6.92 Å². The van der Waals surface area contributed by atoms with Crippen LogP contribution in [0.1, 0.15) is 31.4 Å². The Labute approximate surface area is 248 Å². The molecule has 11 heteroatoms. The van der Waals surface area contributed by atoms with Crippen molar-refractivity contribution in [3.05, 3.63) is 92.4 Å². The van der Waals surface area contributed by atoms with Gasteiger partial charge in [-0.05, 0) is 62.7 Å². The minimum absolute atomic E-state index is 0.0392. The van der Waals surface area contributed by atoms with Crippen LogP contribution in [0.2, 0.25) is 10.0 Å². The Morgan fingerprint density at radius 1 is 0.974 bits per heavy atom. The fraction of sp³-hybridized carbons (Fsp3) is 0.286. The third kappa shape index (κ3) is 7.54. The monoisotopic (exact) mass is 653 g/mol. The molecule has 1 unspecified atom stereocenters. The van der Waals surface area contributed by atoms with Crippen LogP contribution in [-0.2, 0) is 26.2 Å². The Hall–Kier alpha value is -2.59. The molecule has 0 fully saturated rings. The van der Waals surface area contributed by atoms with E-state index in [1.807, 2.05) is 6.92 Å². The molecule has 0 aliphatic carbocycles. The van der Waals surface area contributed by atoms with Gasteiger partial charge in [0.25, 0.3) is 10.0 Å². The van der Waals surface area contributed by atoms with Crippen molar-refractivity contribution in [2.75, 3.05) is 17.4 Å².